The zero-order valence-corrected chi connectivity index (χ0v) is 14.5. The van der Waals surface area contributed by atoms with Crippen molar-refractivity contribution in [3.8, 4) is 11.5 Å². The molecule has 2 aromatic carbocycles. The van der Waals surface area contributed by atoms with Gasteiger partial charge in [0.05, 0.1) is 0 Å². The second kappa shape index (κ2) is 6.37. The minimum absolute atomic E-state index is 0.267. The Bertz CT molecular complexity index is 857. The number of amides is 2. The Labute approximate surface area is 151 Å². The lowest BCUT2D eigenvalue weighted by atomic mass is 10.0. The standard InChI is InChI=1S/C20H20N2O4/c1-13-2-4-14(5-3-13)21-18(23)20(8-9-20)19(24)22-15-6-7-16-17(12-15)26-11-10-25-16/h2-7,12H,8-11H2,1H3,(H,21,23)(H,22,24). The minimum Gasteiger partial charge on any atom is -0.486 e. The number of anilines is 2. The molecule has 0 saturated heterocycles. The number of carbonyl (C=O) groups excluding carboxylic acids is 2. The Morgan fingerprint density at radius 1 is 0.846 bits per heavy atom. The number of ether oxygens (including phenoxy) is 2. The Balaban J connectivity index is 1.45. The van der Waals surface area contributed by atoms with Crippen LogP contribution in [0.4, 0.5) is 11.4 Å². The fraction of sp³-hybridized carbons (Fsp3) is 0.300. The van der Waals surface area contributed by atoms with Crippen LogP contribution in [0, 0.1) is 12.3 Å². The fourth-order valence-electron chi connectivity index (χ4n) is 2.94. The maximum atomic E-state index is 12.7. The van der Waals surface area contributed by atoms with Crippen LogP contribution >= 0.6 is 0 Å². The minimum atomic E-state index is -1.00. The molecule has 1 aliphatic heterocycles. The van der Waals surface area contributed by atoms with Crippen LogP contribution in [-0.4, -0.2) is 25.0 Å². The van der Waals surface area contributed by atoms with Crippen molar-refractivity contribution in [3.63, 3.8) is 0 Å². The zero-order valence-electron chi connectivity index (χ0n) is 14.5. The summed E-state index contributed by atoms with van der Waals surface area (Å²) in [6.45, 7) is 2.98. The van der Waals surface area contributed by atoms with E-state index in [-0.39, 0.29) is 11.8 Å². The van der Waals surface area contributed by atoms with Crippen LogP contribution in [-0.2, 0) is 9.59 Å². The predicted molar refractivity (Wildman–Crippen MR) is 97.5 cm³/mol. The van der Waals surface area contributed by atoms with Crippen molar-refractivity contribution in [3.05, 3.63) is 48.0 Å². The number of rotatable bonds is 4. The van der Waals surface area contributed by atoms with E-state index >= 15 is 0 Å². The molecule has 0 spiro atoms. The molecular formula is C20H20N2O4. The fourth-order valence-corrected chi connectivity index (χ4v) is 2.94. The summed E-state index contributed by atoms with van der Waals surface area (Å²) in [5.41, 5.74) is 1.39. The van der Waals surface area contributed by atoms with Gasteiger partial charge in [0, 0.05) is 17.4 Å². The average Bonchev–Trinajstić information content (AvgIpc) is 3.46. The molecule has 2 N–H and O–H groups in total. The first-order chi connectivity index (χ1) is 12.6. The summed E-state index contributed by atoms with van der Waals surface area (Å²) >= 11 is 0. The maximum Gasteiger partial charge on any atom is 0.240 e. The topological polar surface area (TPSA) is 76.7 Å². The molecule has 1 fully saturated rings. The van der Waals surface area contributed by atoms with Gasteiger partial charge in [-0.1, -0.05) is 17.7 Å². The van der Waals surface area contributed by atoms with Gasteiger partial charge in [0.1, 0.15) is 18.6 Å². The highest BCUT2D eigenvalue weighted by atomic mass is 16.6. The van der Waals surface area contributed by atoms with Crippen molar-refractivity contribution in [1.29, 1.82) is 0 Å². The van der Waals surface area contributed by atoms with Crippen molar-refractivity contribution >= 4 is 23.2 Å². The molecule has 0 radical (unpaired) electrons. The molecule has 6 nitrogen and oxygen atoms in total. The number of benzene rings is 2. The van der Waals surface area contributed by atoms with Gasteiger partial charge in [0.25, 0.3) is 0 Å². The van der Waals surface area contributed by atoms with Gasteiger partial charge in [0.15, 0.2) is 11.5 Å². The summed E-state index contributed by atoms with van der Waals surface area (Å²) in [6.07, 6.45) is 1.09. The summed E-state index contributed by atoms with van der Waals surface area (Å²) in [5, 5.41) is 5.68. The van der Waals surface area contributed by atoms with Crippen LogP contribution in [0.15, 0.2) is 42.5 Å². The molecule has 2 aromatic rings. The van der Waals surface area contributed by atoms with E-state index in [1.165, 1.54) is 0 Å². The predicted octanol–water partition coefficient (Wildman–Crippen LogP) is 3.12. The second-order valence-corrected chi connectivity index (χ2v) is 6.71. The SMILES string of the molecule is Cc1ccc(NC(=O)C2(C(=O)Nc3ccc4c(c3)OCCO4)CC2)cc1. The van der Waals surface area contributed by atoms with Gasteiger partial charge in [0.2, 0.25) is 11.8 Å². The number of nitrogens with one attached hydrogen (secondary N) is 2. The molecule has 0 unspecified atom stereocenters. The maximum absolute atomic E-state index is 12.7. The molecule has 0 aromatic heterocycles. The average molecular weight is 352 g/mol. The lowest BCUT2D eigenvalue weighted by Crippen LogP contribution is -2.35. The number of fused-ring (bicyclic) bond motifs is 1. The zero-order chi connectivity index (χ0) is 18.1. The number of hydrogen-bond donors (Lipinski definition) is 2. The van der Waals surface area contributed by atoms with E-state index in [2.05, 4.69) is 10.6 Å². The smallest absolute Gasteiger partial charge is 0.240 e. The van der Waals surface area contributed by atoms with Gasteiger partial charge in [-0.05, 0) is 44.0 Å². The molecule has 0 atom stereocenters. The van der Waals surface area contributed by atoms with E-state index in [1.54, 1.807) is 18.2 Å². The highest BCUT2D eigenvalue weighted by Gasteiger charge is 2.56. The molecule has 2 aliphatic rings. The quantitative estimate of drug-likeness (QED) is 0.829. The molecule has 4 rings (SSSR count). The first-order valence-electron chi connectivity index (χ1n) is 8.66. The van der Waals surface area contributed by atoms with E-state index in [9.17, 15) is 9.59 Å². The van der Waals surface area contributed by atoms with E-state index in [4.69, 9.17) is 9.47 Å². The summed E-state index contributed by atoms with van der Waals surface area (Å²) in [5.74, 6) is 0.700. The Morgan fingerprint density at radius 2 is 1.42 bits per heavy atom. The Hall–Kier alpha value is -3.02. The lowest BCUT2D eigenvalue weighted by molar-refractivity contribution is -0.131. The monoisotopic (exact) mass is 352 g/mol. The first-order valence-corrected chi connectivity index (χ1v) is 8.66. The van der Waals surface area contributed by atoms with Crippen molar-refractivity contribution in [2.75, 3.05) is 23.8 Å². The Morgan fingerprint density at radius 3 is 2.08 bits per heavy atom. The van der Waals surface area contributed by atoms with Gasteiger partial charge in [-0.15, -0.1) is 0 Å². The number of hydrogen-bond acceptors (Lipinski definition) is 4. The van der Waals surface area contributed by atoms with Crippen LogP contribution in [0.3, 0.4) is 0 Å². The molecule has 134 valence electrons. The van der Waals surface area contributed by atoms with E-state index < -0.39 is 5.41 Å². The summed E-state index contributed by atoms with van der Waals surface area (Å²) in [7, 11) is 0. The highest BCUT2D eigenvalue weighted by Crippen LogP contribution is 2.47. The van der Waals surface area contributed by atoms with Gasteiger partial charge in [-0.2, -0.15) is 0 Å². The van der Waals surface area contributed by atoms with E-state index in [0.717, 1.165) is 5.56 Å². The van der Waals surface area contributed by atoms with Gasteiger partial charge in [-0.25, -0.2) is 0 Å². The molecule has 26 heavy (non-hydrogen) atoms. The van der Waals surface area contributed by atoms with Gasteiger partial charge in [-0.3, -0.25) is 9.59 Å². The summed E-state index contributed by atoms with van der Waals surface area (Å²) in [6, 6.07) is 12.7. The number of carbonyl (C=O) groups is 2. The van der Waals surface area contributed by atoms with Crippen LogP contribution in [0.25, 0.3) is 0 Å². The van der Waals surface area contributed by atoms with Crippen LogP contribution < -0.4 is 20.1 Å². The van der Waals surface area contributed by atoms with Crippen molar-refractivity contribution in [1.82, 2.24) is 0 Å². The van der Waals surface area contributed by atoms with Crippen molar-refractivity contribution < 1.29 is 19.1 Å². The third kappa shape index (κ3) is 3.10. The lowest BCUT2D eigenvalue weighted by Gasteiger charge is -2.20. The van der Waals surface area contributed by atoms with Gasteiger partial charge >= 0.3 is 0 Å². The molecular weight excluding hydrogens is 332 g/mol. The molecule has 1 saturated carbocycles. The van der Waals surface area contributed by atoms with E-state index in [0.29, 0.717) is 48.9 Å². The molecule has 2 amide bonds. The highest BCUT2D eigenvalue weighted by molar-refractivity contribution is 6.16. The molecule has 0 bridgehead atoms. The summed E-state index contributed by atoms with van der Waals surface area (Å²) < 4.78 is 11.0. The number of aryl methyl sites for hydroxylation is 1. The van der Waals surface area contributed by atoms with Gasteiger partial charge < -0.3 is 20.1 Å². The van der Waals surface area contributed by atoms with E-state index in [1.807, 2.05) is 31.2 Å². The third-order valence-corrected chi connectivity index (χ3v) is 4.73. The van der Waals surface area contributed by atoms with Crippen LogP contribution in [0.2, 0.25) is 0 Å². The first kappa shape index (κ1) is 16.4. The second-order valence-electron chi connectivity index (χ2n) is 6.71. The molecule has 6 heteroatoms. The Kier molecular flexibility index (Phi) is 4.03. The summed E-state index contributed by atoms with van der Waals surface area (Å²) in [4.78, 5) is 25.3. The normalized spacial score (nSPS) is 16.5. The van der Waals surface area contributed by atoms with Crippen molar-refractivity contribution in [2.45, 2.75) is 19.8 Å². The van der Waals surface area contributed by atoms with Crippen LogP contribution in [0.1, 0.15) is 18.4 Å². The largest absolute Gasteiger partial charge is 0.486 e. The molecule has 1 heterocycles. The van der Waals surface area contributed by atoms with Crippen LogP contribution in [0.5, 0.6) is 11.5 Å². The third-order valence-electron chi connectivity index (χ3n) is 4.73. The molecule has 1 aliphatic carbocycles. The van der Waals surface area contributed by atoms with Crippen molar-refractivity contribution in [2.24, 2.45) is 5.41 Å².